The van der Waals surface area contributed by atoms with Crippen LogP contribution < -0.4 is 0 Å². The van der Waals surface area contributed by atoms with Crippen molar-refractivity contribution in [3.8, 4) is 0 Å². The van der Waals surface area contributed by atoms with Crippen molar-refractivity contribution in [1.29, 1.82) is 0 Å². The standard InChI is InChI=1S/C11H11ClN2.C2H6/c1-3-5-6-9(4-2)10-7-11(12)14-8-13-10;1-2/h3-8H,1H2,2H3;1-2H3/b6-5-,9-4+;. The van der Waals surface area contributed by atoms with Crippen LogP contribution >= 0.6 is 11.6 Å². The summed E-state index contributed by atoms with van der Waals surface area (Å²) < 4.78 is 0. The molecule has 0 aliphatic carbocycles. The average Bonchev–Trinajstić information content (AvgIpc) is 2.33. The molecule has 1 aromatic heterocycles. The van der Waals surface area contributed by atoms with E-state index in [1.165, 1.54) is 6.33 Å². The minimum atomic E-state index is 0.446. The SMILES string of the molecule is C=C/C=C\C(=C/C)c1cc(Cl)ncn1.CC. The van der Waals surface area contributed by atoms with Gasteiger partial charge in [0.1, 0.15) is 11.5 Å². The predicted octanol–water partition coefficient (Wildman–Crippen LogP) is 4.30. The largest absolute Gasteiger partial charge is 0.236 e. The Bertz CT molecular complexity index is 381. The van der Waals surface area contributed by atoms with Gasteiger partial charge < -0.3 is 0 Å². The van der Waals surface area contributed by atoms with Crippen molar-refractivity contribution in [3.05, 3.63) is 54.1 Å². The van der Waals surface area contributed by atoms with E-state index in [9.17, 15) is 0 Å². The van der Waals surface area contributed by atoms with Crippen LogP contribution in [0.15, 0.2) is 43.3 Å². The van der Waals surface area contributed by atoms with Gasteiger partial charge in [0.05, 0.1) is 5.69 Å². The Morgan fingerprint density at radius 2 is 2.06 bits per heavy atom. The molecule has 0 amide bonds. The van der Waals surface area contributed by atoms with Gasteiger partial charge in [-0.25, -0.2) is 9.97 Å². The van der Waals surface area contributed by atoms with Crippen LogP contribution in [0.1, 0.15) is 26.5 Å². The van der Waals surface area contributed by atoms with Gasteiger partial charge in [0.25, 0.3) is 0 Å². The third kappa shape index (κ3) is 4.89. The third-order valence-electron chi connectivity index (χ3n) is 1.65. The molecule has 0 bridgehead atoms. The van der Waals surface area contributed by atoms with Crippen LogP contribution in [0.2, 0.25) is 5.15 Å². The van der Waals surface area contributed by atoms with E-state index in [-0.39, 0.29) is 0 Å². The lowest BCUT2D eigenvalue weighted by Gasteiger charge is -1.99. The van der Waals surface area contributed by atoms with E-state index >= 15 is 0 Å². The molecule has 1 heterocycles. The highest BCUT2D eigenvalue weighted by Crippen LogP contribution is 2.15. The van der Waals surface area contributed by atoms with Crippen LogP contribution in [0.4, 0.5) is 0 Å². The Kier molecular flexibility index (Phi) is 8.08. The molecule has 0 fully saturated rings. The van der Waals surface area contributed by atoms with E-state index < -0.39 is 0 Å². The highest BCUT2D eigenvalue weighted by atomic mass is 35.5. The van der Waals surface area contributed by atoms with Gasteiger partial charge in [-0.15, -0.1) is 0 Å². The molecule has 86 valence electrons. The van der Waals surface area contributed by atoms with Crippen LogP contribution in [-0.2, 0) is 0 Å². The second-order valence-electron chi connectivity index (χ2n) is 2.56. The molecule has 0 atom stereocenters. The molecular weight excluding hydrogens is 220 g/mol. The summed E-state index contributed by atoms with van der Waals surface area (Å²) >= 11 is 5.76. The lowest BCUT2D eigenvalue weighted by atomic mass is 10.1. The molecule has 0 aliphatic heterocycles. The van der Waals surface area contributed by atoms with Crippen LogP contribution in [0, 0.1) is 0 Å². The zero-order chi connectivity index (χ0) is 12.4. The Labute approximate surface area is 102 Å². The van der Waals surface area contributed by atoms with E-state index in [0.29, 0.717) is 5.15 Å². The maximum atomic E-state index is 5.76. The van der Waals surface area contributed by atoms with Crippen molar-refractivity contribution in [2.75, 3.05) is 0 Å². The first-order valence-corrected chi connectivity index (χ1v) is 5.59. The first kappa shape index (κ1) is 14.6. The Balaban J connectivity index is 0.00000106. The van der Waals surface area contributed by atoms with Crippen molar-refractivity contribution in [3.63, 3.8) is 0 Å². The number of halogens is 1. The van der Waals surface area contributed by atoms with Gasteiger partial charge in [0, 0.05) is 6.07 Å². The summed E-state index contributed by atoms with van der Waals surface area (Å²) in [7, 11) is 0. The molecule has 0 aliphatic rings. The zero-order valence-electron chi connectivity index (χ0n) is 9.94. The van der Waals surface area contributed by atoms with E-state index in [0.717, 1.165) is 11.3 Å². The fourth-order valence-electron chi connectivity index (χ4n) is 0.993. The van der Waals surface area contributed by atoms with Gasteiger partial charge >= 0.3 is 0 Å². The molecule has 0 radical (unpaired) electrons. The summed E-state index contributed by atoms with van der Waals surface area (Å²) in [6, 6.07) is 1.73. The van der Waals surface area contributed by atoms with Crippen molar-refractivity contribution in [2.24, 2.45) is 0 Å². The molecule has 16 heavy (non-hydrogen) atoms. The maximum Gasteiger partial charge on any atom is 0.133 e. The highest BCUT2D eigenvalue weighted by molar-refractivity contribution is 6.29. The van der Waals surface area contributed by atoms with Crippen molar-refractivity contribution in [2.45, 2.75) is 20.8 Å². The molecule has 0 N–H and O–H groups in total. The minimum Gasteiger partial charge on any atom is -0.236 e. The predicted molar refractivity (Wildman–Crippen MR) is 71.4 cm³/mol. The lowest BCUT2D eigenvalue weighted by Crippen LogP contribution is -1.88. The first-order chi connectivity index (χ1) is 7.77. The minimum absolute atomic E-state index is 0.446. The first-order valence-electron chi connectivity index (χ1n) is 5.21. The van der Waals surface area contributed by atoms with Gasteiger partial charge in [-0.3, -0.25) is 0 Å². The molecule has 0 spiro atoms. The van der Waals surface area contributed by atoms with Crippen molar-refractivity contribution in [1.82, 2.24) is 9.97 Å². The quantitative estimate of drug-likeness (QED) is 0.578. The number of rotatable bonds is 3. The van der Waals surface area contributed by atoms with Crippen LogP contribution in [0.5, 0.6) is 0 Å². The van der Waals surface area contributed by atoms with E-state index in [2.05, 4.69) is 16.5 Å². The molecule has 3 heteroatoms. The molecule has 2 nitrogen and oxygen atoms in total. The molecule has 0 aromatic carbocycles. The summed E-state index contributed by atoms with van der Waals surface area (Å²) in [5.74, 6) is 0. The Morgan fingerprint density at radius 1 is 1.38 bits per heavy atom. The fraction of sp³-hybridized carbons (Fsp3) is 0.231. The second-order valence-corrected chi connectivity index (χ2v) is 2.95. The third-order valence-corrected chi connectivity index (χ3v) is 1.86. The van der Waals surface area contributed by atoms with Crippen molar-refractivity contribution >= 4 is 17.2 Å². The lowest BCUT2D eigenvalue weighted by molar-refractivity contribution is 1.14. The van der Waals surface area contributed by atoms with Crippen LogP contribution in [-0.4, -0.2) is 9.97 Å². The van der Waals surface area contributed by atoms with Gasteiger partial charge in [-0.05, 0) is 12.5 Å². The number of nitrogens with zero attached hydrogens (tertiary/aromatic N) is 2. The van der Waals surface area contributed by atoms with Crippen LogP contribution in [0.25, 0.3) is 5.57 Å². The Hall–Kier alpha value is -1.41. The second kappa shape index (κ2) is 8.86. The summed E-state index contributed by atoms with van der Waals surface area (Å²) in [6.45, 7) is 9.55. The summed E-state index contributed by atoms with van der Waals surface area (Å²) in [6.07, 6.45) is 8.89. The smallest absolute Gasteiger partial charge is 0.133 e. The Morgan fingerprint density at radius 3 is 2.56 bits per heavy atom. The topological polar surface area (TPSA) is 25.8 Å². The molecular formula is C13H17ClN2. The molecule has 1 aromatic rings. The van der Waals surface area contributed by atoms with E-state index in [4.69, 9.17) is 11.6 Å². The van der Waals surface area contributed by atoms with Gasteiger partial charge in [-0.1, -0.05) is 56.3 Å². The fourth-order valence-corrected chi connectivity index (χ4v) is 1.14. The normalized spacial score (nSPS) is 10.9. The average molecular weight is 237 g/mol. The van der Waals surface area contributed by atoms with Gasteiger partial charge in [0.15, 0.2) is 0 Å². The number of allylic oxidation sites excluding steroid dienone is 5. The maximum absolute atomic E-state index is 5.76. The van der Waals surface area contributed by atoms with Gasteiger partial charge in [-0.2, -0.15) is 0 Å². The number of hydrogen-bond donors (Lipinski definition) is 0. The number of aromatic nitrogens is 2. The zero-order valence-corrected chi connectivity index (χ0v) is 10.7. The van der Waals surface area contributed by atoms with Gasteiger partial charge in [0.2, 0.25) is 0 Å². The molecule has 0 saturated carbocycles. The van der Waals surface area contributed by atoms with Crippen LogP contribution in [0.3, 0.4) is 0 Å². The van der Waals surface area contributed by atoms with E-state index in [1.54, 1.807) is 12.1 Å². The summed E-state index contributed by atoms with van der Waals surface area (Å²) in [5.41, 5.74) is 1.81. The van der Waals surface area contributed by atoms with E-state index in [1.807, 2.05) is 39.0 Å². The monoisotopic (exact) mass is 236 g/mol. The summed E-state index contributed by atoms with van der Waals surface area (Å²) in [4.78, 5) is 7.93. The highest BCUT2D eigenvalue weighted by Gasteiger charge is 1.99. The molecule has 0 unspecified atom stereocenters. The summed E-state index contributed by atoms with van der Waals surface area (Å²) in [5, 5.41) is 0.446. The molecule has 0 saturated heterocycles. The molecule has 1 rings (SSSR count). The van der Waals surface area contributed by atoms with Crippen molar-refractivity contribution < 1.29 is 0 Å². The number of hydrogen-bond acceptors (Lipinski definition) is 2.